The lowest BCUT2D eigenvalue weighted by Crippen LogP contribution is -2.57. The van der Waals surface area contributed by atoms with Gasteiger partial charge in [0.25, 0.3) is 0 Å². The quantitative estimate of drug-likeness (QED) is 0.507. The van der Waals surface area contributed by atoms with Gasteiger partial charge in [-0.05, 0) is 47.3 Å². The first-order chi connectivity index (χ1) is 13.2. The highest BCUT2D eigenvalue weighted by Crippen LogP contribution is 2.23. The lowest BCUT2D eigenvalue weighted by molar-refractivity contribution is 0.340. The maximum absolute atomic E-state index is 9.57. The Hall–Kier alpha value is -2.82. The van der Waals surface area contributed by atoms with Crippen molar-refractivity contribution in [1.29, 1.82) is 0 Å². The van der Waals surface area contributed by atoms with Crippen molar-refractivity contribution >= 4 is 24.5 Å². The van der Waals surface area contributed by atoms with E-state index in [0.29, 0.717) is 5.76 Å². The zero-order valence-corrected chi connectivity index (χ0v) is 16.6. The Morgan fingerprint density at radius 3 is 1.81 bits per heavy atom. The third-order valence-electron chi connectivity index (χ3n) is 4.61. The van der Waals surface area contributed by atoms with Crippen LogP contribution in [0.25, 0.3) is 5.76 Å². The minimum Gasteiger partial charge on any atom is -0.535 e. The van der Waals surface area contributed by atoms with Crippen molar-refractivity contribution < 1.29 is 14.3 Å². The molecule has 0 aliphatic heterocycles. The van der Waals surface area contributed by atoms with Gasteiger partial charge in [-0.1, -0.05) is 60.7 Å². The molecule has 0 aromatic heterocycles. The summed E-state index contributed by atoms with van der Waals surface area (Å²) in [6.45, 7) is 2.10. The molecule has 0 heterocycles. The summed E-state index contributed by atoms with van der Waals surface area (Å²) in [4.78, 5) is 0. The molecule has 0 aliphatic rings. The van der Waals surface area contributed by atoms with Crippen LogP contribution in [0.2, 0.25) is 6.55 Å². The predicted octanol–water partition coefficient (Wildman–Crippen LogP) is 3.43. The molecule has 3 aromatic rings. The van der Waals surface area contributed by atoms with Crippen molar-refractivity contribution in [2.24, 2.45) is 0 Å². The van der Waals surface area contributed by atoms with Crippen LogP contribution in [0.5, 0.6) is 5.75 Å². The molecule has 0 saturated heterocycles. The van der Waals surface area contributed by atoms with Crippen molar-refractivity contribution in [1.82, 2.24) is 0 Å². The number of rotatable bonds is 7. The number of aliphatic hydroxyl groups is 1. The maximum atomic E-state index is 9.57. The number of aliphatic hydroxyl groups excluding tert-OH is 1. The summed E-state index contributed by atoms with van der Waals surface area (Å²) in [5.41, 5.74) is 0.912. The number of hydrogen-bond acceptors (Lipinski definition) is 3. The predicted molar refractivity (Wildman–Crippen MR) is 113 cm³/mol. The van der Waals surface area contributed by atoms with E-state index in [1.807, 2.05) is 60.7 Å². The van der Waals surface area contributed by atoms with Gasteiger partial charge in [-0.15, -0.1) is 0 Å². The molecular formula is C23H24O3Si. The van der Waals surface area contributed by atoms with Gasteiger partial charge in [0.15, 0.2) is 0 Å². The summed E-state index contributed by atoms with van der Waals surface area (Å²) < 4.78 is 12.0. The Bertz CT molecular complexity index is 835. The van der Waals surface area contributed by atoms with Crippen LogP contribution in [0.1, 0.15) is 5.56 Å². The number of ether oxygens (including phenoxy) is 1. The van der Waals surface area contributed by atoms with Gasteiger partial charge in [-0.25, -0.2) is 0 Å². The van der Waals surface area contributed by atoms with Crippen LogP contribution < -0.4 is 15.1 Å². The molecule has 0 radical (unpaired) electrons. The van der Waals surface area contributed by atoms with Gasteiger partial charge in [-0.3, -0.25) is 0 Å². The normalized spacial score (nSPS) is 11.9. The molecule has 138 valence electrons. The third-order valence-corrected chi connectivity index (χ3v) is 8.11. The molecular weight excluding hydrogens is 352 g/mol. The molecule has 0 unspecified atom stereocenters. The van der Waals surface area contributed by atoms with Crippen LogP contribution in [0.15, 0.2) is 91.0 Å². The summed E-state index contributed by atoms with van der Waals surface area (Å²) in [5.74, 6) is 1.47. The van der Waals surface area contributed by atoms with Crippen molar-refractivity contribution in [3.05, 3.63) is 96.6 Å². The third kappa shape index (κ3) is 4.30. The van der Waals surface area contributed by atoms with E-state index in [-0.39, 0.29) is 6.61 Å². The van der Waals surface area contributed by atoms with Crippen molar-refractivity contribution in [3.63, 3.8) is 0 Å². The van der Waals surface area contributed by atoms with Gasteiger partial charge in [0, 0.05) is 5.56 Å². The van der Waals surface area contributed by atoms with E-state index < -0.39 is 8.32 Å². The van der Waals surface area contributed by atoms with Gasteiger partial charge >= 0.3 is 8.32 Å². The molecule has 3 nitrogen and oxygen atoms in total. The molecule has 0 bridgehead atoms. The topological polar surface area (TPSA) is 38.7 Å². The average Bonchev–Trinajstić information content (AvgIpc) is 2.74. The second-order valence-electron chi connectivity index (χ2n) is 6.35. The van der Waals surface area contributed by atoms with E-state index in [0.717, 1.165) is 11.3 Å². The SMILES string of the molecule is COc1ccc(/C(=C\CO)O[Si](C)(c2ccccc2)c2ccccc2)cc1. The van der Waals surface area contributed by atoms with E-state index in [1.165, 1.54) is 10.4 Å². The van der Waals surface area contributed by atoms with Crippen LogP contribution in [-0.2, 0) is 4.43 Å². The van der Waals surface area contributed by atoms with Crippen LogP contribution in [0.3, 0.4) is 0 Å². The van der Waals surface area contributed by atoms with Crippen LogP contribution in [0.4, 0.5) is 0 Å². The highest BCUT2D eigenvalue weighted by molar-refractivity contribution is 6.97. The molecule has 3 rings (SSSR count). The lowest BCUT2D eigenvalue weighted by Gasteiger charge is -2.31. The standard InChI is InChI=1S/C23H24O3Si/c1-25-20-15-13-19(14-16-20)23(17-18-24)26-27(2,21-9-5-3-6-10-21)22-11-7-4-8-12-22/h3-17,24H,18H2,1-2H3/b23-17+. The molecule has 1 N–H and O–H groups in total. The molecule has 0 atom stereocenters. The highest BCUT2D eigenvalue weighted by atomic mass is 28.4. The Kier molecular flexibility index (Phi) is 6.11. The summed E-state index contributed by atoms with van der Waals surface area (Å²) in [6, 6.07) is 28.3. The Morgan fingerprint density at radius 2 is 1.37 bits per heavy atom. The summed E-state index contributed by atoms with van der Waals surface area (Å²) in [7, 11) is -0.874. The summed E-state index contributed by atoms with van der Waals surface area (Å²) >= 11 is 0. The van der Waals surface area contributed by atoms with Gasteiger partial charge < -0.3 is 14.3 Å². The van der Waals surface area contributed by atoms with E-state index in [4.69, 9.17) is 9.16 Å². The molecule has 0 amide bonds. The lowest BCUT2D eigenvalue weighted by atomic mass is 10.2. The second kappa shape index (κ2) is 8.71. The zero-order chi connectivity index (χ0) is 19.1. The molecule has 0 spiro atoms. The number of benzene rings is 3. The first kappa shape index (κ1) is 19.0. The van der Waals surface area contributed by atoms with Crippen LogP contribution in [-0.4, -0.2) is 27.1 Å². The smallest absolute Gasteiger partial charge is 0.311 e. The minimum absolute atomic E-state index is 0.0879. The van der Waals surface area contributed by atoms with Gasteiger partial charge in [-0.2, -0.15) is 0 Å². The molecule has 0 saturated carbocycles. The fourth-order valence-corrected chi connectivity index (χ4v) is 5.94. The Morgan fingerprint density at radius 1 is 0.852 bits per heavy atom. The molecule has 4 heteroatoms. The molecule has 3 aromatic carbocycles. The van der Waals surface area contributed by atoms with E-state index in [2.05, 4.69) is 30.8 Å². The Balaban J connectivity index is 2.05. The molecule has 27 heavy (non-hydrogen) atoms. The zero-order valence-electron chi connectivity index (χ0n) is 15.6. The first-order valence-electron chi connectivity index (χ1n) is 8.93. The number of methoxy groups -OCH3 is 1. The van der Waals surface area contributed by atoms with Crippen LogP contribution >= 0.6 is 0 Å². The van der Waals surface area contributed by atoms with Crippen LogP contribution in [0, 0.1) is 0 Å². The number of hydrogen-bond donors (Lipinski definition) is 1. The fraction of sp³-hybridized carbons (Fsp3) is 0.130. The van der Waals surface area contributed by atoms with E-state index in [1.54, 1.807) is 13.2 Å². The van der Waals surface area contributed by atoms with E-state index in [9.17, 15) is 5.11 Å². The Labute approximate surface area is 161 Å². The molecule has 0 fully saturated rings. The highest BCUT2D eigenvalue weighted by Gasteiger charge is 2.36. The summed E-state index contributed by atoms with van der Waals surface area (Å²) in [5, 5.41) is 11.9. The molecule has 0 aliphatic carbocycles. The van der Waals surface area contributed by atoms with Crippen molar-refractivity contribution in [3.8, 4) is 5.75 Å². The summed E-state index contributed by atoms with van der Waals surface area (Å²) in [6.07, 6.45) is 1.72. The second-order valence-corrected chi connectivity index (χ2v) is 9.77. The minimum atomic E-state index is -2.52. The fourth-order valence-electron chi connectivity index (χ4n) is 3.07. The van der Waals surface area contributed by atoms with Crippen molar-refractivity contribution in [2.75, 3.05) is 13.7 Å². The van der Waals surface area contributed by atoms with Gasteiger partial charge in [0.1, 0.15) is 11.5 Å². The van der Waals surface area contributed by atoms with E-state index >= 15 is 0 Å². The average molecular weight is 377 g/mol. The van der Waals surface area contributed by atoms with Gasteiger partial charge in [0.2, 0.25) is 0 Å². The maximum Gasteiger partial charge on any atom is 0.311 e. The van der Waals surface area contributed by atoms with Crippen molar-refractivity contribution in [2.45, 2.75) is 6.55 Å². The first-order valence-corrected chi connectivity index (χ1v) is 11.3. The largest absolute Gasteiger partial charge is 0.535 e. The van der Waals surface area contributed by atoms with Gasteiger partial charge in [0.05, 0.1) is 13.7 Å². The monoisotopic (exact) mass is 376 g/mol.